The average molecular weight is 458 g/mol. The van der Waals surface area contributed by atoms with Crippen molar-refractivity contribution >= 4 is 56.2 Å². The van der Waals surface area contributed by atoms with Gasteiger partial charge in [0.15, 0.2) is 11.5 Å². The molecule has 2 heterocycles. The maximum absolute atomic E-state index is 12.7. The quantitative estimate of drug-likeness (QED) is 0.470. The molecule has 1 atom stereocenters. The second-order valence-corrected chi connectivity index (χ2v) is 8.42. The molecule has 0 aromatic heterocycles. The maximum Gasteiger partial charge on any atom is 0.266 e. The van der Waals surface area contributed by atoms with E-state index in [1.165, 1.54) is 11.8 Å². The molecule has 2 aliphatic rings. The maximum atomic E-state index is 12.7. The Morgan fingerprint density at radius 2 is 2.31 bits per heavy atom. The van der Waals surface area contributed by atoms with E-state index in [0.717, 1.165) is 29.5 Å². The predicted octanol–water partition coefficient (Wildman–Crippen LogP) is 4.24. The number of hydrogen-bond acceptors (Lipinski definition) is 6. The molecule has 0 N–H and O–H groups in total. The Labute approximate surface area is 171 Å². The number of carbonyl (C=O) groups is 1. The highest BCUT2D eigenvalue weighted by Crippen LogP contribution is 2.39. The summed E-state index contributed by atoms with van der Waals surface area (Å²) in [4.78, 5) is 15.0. The van der Waals surface area contributed by atoms with Crippen LogP contribution in [-0.2, 0) is 9.53 Å². The monoisotopic (exact) mass is 457 g/mol. The first-order chi connectivity index (χ1) is 12.5. The molecule has 140 valence electrons. The van der Waals surface area contributed by atoms with Crippen LogP contribution in [-0.4, -0.2) is 48.1 Å². The van der Waals surface area contributed by atoms with Gasteiger partial charge in [-0.25, -0.2) is 0 Å². The molecule has 1 aromatic rings. The Hall–Kier alpha value is -1.09. The summed E-state index contributed by atoms with van der Waals surface area (Å²) in [7, 11) is 1.59. The van der Waals surface area contributed by atoms with Gasteiger partial charge in [0.25, 0.3) is 5.91 Å². The van der Waals surface area contributed by atoms with Gasteiger partial charge in [0.05, 0.1) is 35.7 Å². The molecule has 0 unspecified atom stereocenters. The lowest BCUT2D eigenvalue weighted by Gasteiger charge is -2.18. The second-order valence-electron chi connectivity index (χ2n) is 5.89. The minimum atomic E-state index is -0.0699. The van der Waals surface area contributed by atoms with Crippen LogP contribution >= 0.6 is 39.9 Å². The molecule has 1 amide bonds. The summed E-state index contributed by atoms with van der Waals surface area (Å²) in [5.41, 5.74) is 0.842. The zero-order valence-corrected chi connectivity index (χ0v) is 17.8. The summed E-state index contributed by atoms with van der Waals surface area (Å²) < 4.78 is 18.0. The van der Waals surface area contributed by atoms with Crippen LogP contribution in [0.2, 0.25) is 0 Å². The van der Waals surface area contributed by atoms with Crippen LogP contribution < -0.4 is 9.47 Å². The molecule has 26 heavy (non-hydrogen) atoms. The molecule has 0 spiro atoms. The van der Waals surface area contributed by atoms with Crippen molar-refractivity contribution in [2.45, 2.75) is 25.9 Å². The van der Waals surface area contributed by atoms with Crippen molar-refractivity contribution in [2.24, 2.45) is 0 Å². The number of carbonyl (C=O) groups excluding carboxylic acids is 1. The van der Waals surface area contributed by atoms with Crippen LogP contribution in [0.4, 0.5) is 0 Å². The fourth-order valence-corrected chi connectivity index (χ4v) is 4.76. The number of hydrogen-bond donors (Lipinski definition) is 0. The first-order valence-corrected chi connectivity index (χ1v) is 10.4. The molecule has 1 aromatic carbocycles. The van der Waals surface area contributed by atoms with Gasteiger partial charge in [0.2, 0.25) is 0 Å². The largest absolute Gasteiger partial charge is 0.493 e. The van der Waals surface area contributed by atoms with E-state index in [1.54, 1.807) is 12.0 Å². The first-order valence-electron chi connectivity index (χ1n) is 8.40. The number of ether oxygens (including phenoxy) is 3. The van der Waals surface area contributed by atoms with Gasteiger partial charge in [-0.3, -0.25) is 9.69 Å². The lowest BCUT2D eigenvalue weighted by molar-refractivity contribution is -0.123. The Bertz CT molecular complexity index is 747. The Kier molecular flexibility index (Phi) is 6.60. The predicted molar refractivity (Wildman–Crippen MR) is 111 cm³/mol. The topological polar surface area (TPSA) is 48.0 Å². The first kappa shape index (κ1) is 19.7. The van der Waals surface area contributed by atoms with Crippen molar-refractivity contribution in [1.82, 2.24) is 4.90 Å². The van der Waals surface area contributed by atoms with Gasteiger partial charge >= 0.3 is 0 Å². The van der Waals surface area contributed by atoms with Gasteiger partial charge in [0.1, 0.15) is 4.32 Å². The summed E-state index contributed by atoms with van der Waals surface area (Å²) in [6.45, 7) is 3.74. The van der Waals surface area contributed by atoms with E-state index < -0.39 is 0 Å². The van der Waals surface area contributed by atoms with E-state index in [9.17, 15) is 4.79 Å². The SMILES string of the molecule is CCOc1c(Br)cc(/C=C2\SC(=S)N(C[C@@H]3CCCO3)C2=O)cc1OC. The van der Waals surface area contributed by atoms with Crippen molar-refractivity contribution in [3.63, 3.8) is 0 Å². The number of amides is 1. The summed E-state index contributed by atoms with van der Waals surface area (Å²) in [6.07, 6.45) is 3.92. The van der Waals surface area contributed by atoms with Crippen molar-refractivity contribution < 1.29 is 19.0 Å². The number of thiocarbonyl (C=S) groups is 1. The van der Waals surface area contributed by atoms with E-state index in [0.29, 0.717) is 33.9 Å². The Morgan fingerprint density at radius 1 is 1.50 bits per heavy atom. The van der Waals surface area contributed by atoms with E-state index in [4.69, 9.17) is 26.4 Å². The number of benzene rings is 1. The molecular formula is C18H20BrNO4S2. The fraction of sp³-hybridized carbons (Fsp3) is 0.444. The molecule has 8 heteroatoms. The summed E-state index contributed by atoms with van der Waals surface area (Å²) in [6, 6.07) is 3.75. The number of rotatable bonds is 6. The van der Waals surface area contributed by atoms with Gasteiger partial charge in [-0.15, -0.1) is 0 Å². The van der Waals surface area contributed by atoms with Crippen LogP contribution in [0.5, 0.6) is 11.5 Å². The van der Waals surface area contributed by atoms with Crippen molar-refractivity contribution in [3.05, 3.63) is 27.1 Å². The molecule has 2 aliphatic heterocycles. The van der Waals surface area contributed by atoms with Gasteiger partial charge in [0, 0.05) is 6.61 Å². The van der Waals surface area contributed by atoms with Crippen LogP contribution in [0.15, 0.2) is 21.5 Å². The van der Waals surface area contributed by atoms with Crippen molar-refractivity contribution in [1.29, 1.82) is 0 Å². The van der Waals surface area contributed by atoms with E-state index in [2.05, 4.69) is 15.9 Å². The van der Waals surface area contributed by atoms with Crippen LogP contribution in [0.1, 0.15) is 25.3 Å². The van der Waals surface area contributed by atoms with Gasteiger partial charge < -0.3 is 14.2 Å². The zero-order valence-electron chi connectivity index (χ0n) is 14.6. The molecule has 2 fully saturated rings. The molecule has 0 saturated carbocycles. The van der Waals surface area contributed by atoms with Gasteiger partial charge in [-0.2, -0.15) is 0 Å². The highest BCUT2D eigenvalue weighted by atomic mass is 79.9. The smallest absolute Gasteiger partial charge is 0.266 e. The Morgan fingerprint density at radius 3 is 2.96 bits per heavy atom. The number of methoxy groups -OCH3 is 1. The van der Waals surface area contributed by atoms with Gasteiger partial charge in [-0.05, 0) is 59.5 Å². The normalized spacial score (nSPS) is 21.7. The second kappa shape index (κ2) is 8.73. The Balaban J connectivity index is 1.82. The summed E-state index contributed by atoms with van der Waals surface area (Å²) >= 11 is 10.2. The van der Waals surface area contributed by atoms with Crippen LogP contribution in [0.25, 0.3) is 6.08 Å². The summed E-state index contributed by atoms with van der Waals surface area (Å²) in [5.74, 6) is 1.19. The van der Waals surface area contributed by atoms with E-state index in [-0.39, 0.29) is 12.0 Å². The molecular weight excluding hydrogens is 438 g/mol. The molecule has 0 bridgehead atoms. The van der Waals surface area contributed by atoms with E-state index >= 15 is 0 Å². The number of thioether (sulfide) groups is 1. The third-order valence-corrected chi connectivity index (χ3v) is 6.09. The fourth-order valence-electron chi connectivity index (χ4n) is 2.91. The number of halogens is 1. The highest BCUT2D eigenvalue weighted by Gasteiger charge is 2.34. The average Bonchev–Trinajstić information content (AvgIpc) is 3.21. The van der Waals surface area contributed by atoms with Crippen molar-refractivity contribution in [2.75, 3.05) is 26.9 Å². The summed E-state index contributed by atoms with van der Waals surface area (Å²) in [5, 5.41) is 0. The van der Waals surface area contributed by atoms with Crippen LogP contribution in [0.3, 0.4) is 0 Å². The van der Waals surface area contributed by atoms with Crippen LogP contribution in [0, 0.1) is 0 Å². The zero-order chi connectivity index (χ0) is 18.7. The number of nitrogens with zero attached hydrogens (tertiary/aromatic N) is 1. The lowest BCUT2D eigenvalue weighted by Crippen LogP contribution is -2.35. The molecule has 5 nitrogen and oxygen atoms in total. The minimum absolute atomic E-state index is 0.0699. The third-order valence-electron chi connectivity index (χ3n) is 4.12. The van der Waals surface area contributed by atoms with Crippen molar-refractivity contribution in [3.8, 4) is 11.5 Å². The highest BCUT2D eigenvalue weighted by molar-refractivity contribution is 9.10. The lowest BCUT2D eigenvalue weighted by atomic mass is 10.1. The molecule has 0 radical (unpaired) electrons. The standard InChI is InChI=1S/C18H20BrNO4S2/c1-3-23-16-13(19)7-11(8-14(16)22-2)9-15-17(21)20(18(25)26-15)10-12-5-4-6-24-12/h7-9,12H,3-6,10H2,1-2H3/b15-9-/t12-/m0/s1. The van der Waals surface area contributed by atoms with Gasteiger partial charge in [-0.1, -0.05) is 24.0 Å². The third kappa shape index (κ3) is 4.24. The molecule has 0 aliphatic carbocycles. The molecule has 3 rings (SSSR count). The van der Waals surface area contributed by atoms with E-state index in [1.807, 2.05) is 25.1 Å². The minimum Gasteiger partial charge on any atom is -0.493 e. The molecule has 2 saturated heterocycles.